The highest BCUT2D eigenvalue weighted by Gasteiger charge is 2.46. The number of amides is 1. The number of carbonyl (C=O) groups excluding carboxylic acids is 1. The summed E-state index contributed by atoms with van der Waals surface area (Å²) in [5.74, 6) is 0.198. The van der Waals surface area contributed by atoms with Crippen molar-refractivity contribution in [1.29, 1.82) is 0 Å². The molecule has 0 unspecified atom stereocenters. The molecule has 4 nitrogen and oxygen atoms in total. The molecular formula is C15H22N2O2S. The van der Waals surface area contributed by atoms with Gasteiger partial charge < -0.3 is 9.64 Å². The molecule has 20 heavy (non-hydrogen) atoms. The first-order chi connectivity index (χ1) is 9.75. The molecule has 0 N–H and O–H groups in total. The van der Waals surface area contributed by atoms with Crippen LogP contribution >= 0.6 is 11.3 Å². The third kappa shape index (κ3) is 2.50. The molecule has 3 rings (SSSR count). The molecule has 0 aromatic carbocycles. The molecule has 0 radical (unpaired) electrons. The fourth-order valence-electron chi connectivity index (χ4n) is 3.40. The van der Waals surface area contributed by atoms with Crippen molar-refractivity contribution in [3.63, 3.8) is 0 Å². The van der Waals surface area contributed by atoms with Crippen molar-refractivity contribution >= 4 is 17.2 Å². The van der Waals surface area contributed by atoms with Crippen LogP contribution in [0.15, 0.2) is 16.8 Å². The van der Waals surface area contributed by atoms with Crippen LogP contribution in [0.25, 0.3) is 0 Å². The Morgan fingerprint density at radius 3 is 2.65 bits per heavy atom. The number of hydrogen-bond donors (Lipinski definition) is 0. The Hall–Kier alpha value is -0.910. The predicted octanol–water partition coefficient (Wildman–Crippen LogP) is 2.07. The van der Waals surface area contributed by atoms with Crippen molar-refractivity contribution in [2.24, 2.45) is 0 Å². The van der Waals surface area contributed by atoms with Gasteiger partial charge in [-0.25, -0.2) is 0 Å². The van der Waals surface area contributed by atoms with Crippen LogP contribution in [-0.4, -0.2) is 61.1 Å². The zero-order chi connectivity index (χ0) is 14.0. The highest BCUT2D eigenvalue weighted by Crippen LogP contribution is 2.39. The summed E-state index contributed by atoms with van der Waals surface area (Å²) >= 11 is 1.59. The lowest BCUT2D eigenvalue weighted by molar-refractivity contribution is -0.0636. The monoisotopic (exact) mass is 294 g/mol. The molecule has 0 bridgehead atoms. The second kappa shape index (κ2) is 5.84. The Morgan fingerprint density at radius 2 is 2.10 bits per heavy atom. The lowest BCUT2D eigenvalue weighted by Gasteiger charge is -2.56. The van der Waals surface area contributed by atoms with Gasteiger partial charge in [-0.1, -0.05) is 0 Å². The van der Waals surface area contributed by atoms with Crippen molar-refractivity contribution in [1.82, 2.24) is 9.80 Å². The van der Waals surface area contributed by atoms with Gasteiger partial charge in [0.15, 0.2) is 0 Å². The topological polar surface area (TPSA) is 32.8 Å². The highest BCUT2D eigenvalue weighted by atomic mass is 32.1. The summed E-state index contributed by atoms with van der Waals surface area (Å²) in [6.07, 6.45) is 3.48. The maximum absolute atomic E-state index is 12.3. The molecule has 1 spiro atoms. The predicted molar refractivity (Wildman–Crippen MR) is 80.3 cm³/mol. The van der Waals surface area contributed by atoms with E-state index in [2.05, 4.69) is 4.90 Å². The zero-order valence-corrected chi connectivity index (χ0v) is 12.8. The van der Waals surface area contributed by atoms with Gasteiger partial charge in [-0.2, -0.15) is 11.3 Å². The SMILES string of the molecule is COCCN1CCC12CCN(C(=O)c1ccsc1)CC2. The van der Waals surface area contributed by atoms with E-state index >= 15 is 0 Å². The molecule has 2 aliphatic rings. The van der Waals surface area contributed by atoms with Crippen LogP contribution in [0.5, 0.6) is 0 Å². The normalized spacial score (nSPS) is 21.9. The number of rotatable bonds is 4. The molecule has 1 amide bonds. The molecule has 3 heterocycles. The van der Waals surface area contributed by atoms with Crippen LogP contribution in [0.1, 0.15) is 29.6 Å². The van der Waals surface area contributed by atoms with Crippen LogP contribution in [0.4, 0.5) is 0 Å². The van der Waals surface area contributed by atoms with Crippen LogP contribution in [0.2, 0.25) is 0 Å². The van der Waals surface area contributed by atoms with Crippen LogP contribution < -0.4 is 0 Å². The number of hydrogen-bond acceptors (Lipinski definition) is 4. The summed E-state index contributed by atoms with van der Waals surface area (Å²) in [5, 5.41) is 3.91. The molecule has 2 aliphatic heterocycles. The fourth-order valence-corrected chi connectivity index (χ4v) is 4.03. The molecule has 5 heteroatoms. The van der Waals surface area contributed by atoms with Crippen LogP contribution in [-0.2, 0) is 4.74 Å². The molecule has 1 aromatic rings. The van der Waals surface area contributed by atoms with Gasteiger partial charge in [0.25, 0.3) is 5.91 Å². The molecule has 2 fully saturated rings. The number of thiophene rings is 1. The van der Waals surface area contributed by atoms with Crippen molar-refractivity contribution in [3.8, 4) is 0 Å². The summed E-state index contributed by atoms with van der Waals surface area (Å²) in [5.41, 5.74) is 1.19. The standard InChI is InChI=1S/C15H22N2O2S/c1-19-10-9-17-8-5-15(17)3-6-16(7-4-15)14(18)13-2-11-20-12-13/h2,11-12H,3-10H2,1H3. The van der Waals surface area contributed by atoms with Crippen molar-refractivity contribution in [2.45, 2.75) is 24.8 Å². The zero-order valence-electron chi connectivity index (χ0n) is 12.0. The van der Waals surface area contributed by atoms with E-state index in [4.69, 9.17) is 4.74 Å². The molecule has 2 saturated heterocycles. The number of ether oxygens (including phenoxy) is 1. The number of carbonyl (C=O) groups is 1. The van der Waals surface area contributed by atoms with Crippen LogP contribution in [0.3, 0.4) is 0 Å². The second-order valence-corrected chi connectivity index (χ2v) is 6.54. The minimum absolute atomic E-state index is 0.198. The van der Waals surface area contributed by atoms with Crippen molar-refractivity contribution in [3.05, 3.63) is 22.4 Å². The van der Waals surface area contributed by atoms with Gasteiger partial charge in [0.1, 0.15) is 0 Å². The summed E-state index contributed by atoms with van der Waals surface area (Å²) in [7, 11) is 1.76. The number of nitrogens with zero attached hydrogens (tertiary/aromatic N) is 2. The van der Waals surface area contributed by atoms with Gasteiger partial charge in [0, 0.05) is 44.2 Å². The molecule has 0 saturated carbocycles. The largest absolute Gasteiger partial charge is 0.383 e. The van der Waals surface area contributed by atoms with E-state index in [-0.39, 0.29) is 5.91 Å². The minimum Gasteiger partial charge on any atom is -0.383 e. The van der Waals surface area contributed by atoms with Gasteiger partial charge in [-0.05, 0) is 30.7 Å². The summed E-state index contributed by atoms with van der Waals surface area (Å²) in [4.78, 5) is 16.9. The second-order valence-electron chi connectivity index (χ2n) is 5.76. The van der Waals surface area contributed by atoms with E-state index in [9.17, 15) is 4.79 Å². The Labute approximate surface area is 124 Å². The van der Waals surface area contributed by atoms with E-state index in [0.29, 0.717) is 5.54 Å². The van der Waals surface area contributed by atoms with Crippen molar-refractivity contribution < 1.29 is 9.53 Å². The maximum Gasteiger partial charge on any atom is 0.254 e. The van der Waals surface area contributed by atoms with Gasteiger partial charge in [-0.15, -0.1) is 0 Å². The van der Waals surface area contributed by atoms with Crippen molar-refractivity contribution in [2.75, 3.05) is 39.9 Å². The first-order valence-electron chi connectivity index (χ1n) is 7.31. The van der Waals surface area contributed by atoms with Gasteiger partial charge in [0.05, 0.1) is 12.2 Å². The Morgan fingerprint density at radius 1 is 1.35 bits per heavy atom. The molecule has 1 aromatic heterocycles. The third-order valence-electron chi connectivity index (χ3n) is 4.83. The molecular weight excluding hydrogens is 272 g/mol. The summed E-state index contributed by atoms with van der Waals surface area (Å²) in [6, 6.07) is 1.92. The quantitative estimate of drug-likeness (QED) is 0.852. The minimum atomic E-state index is 0.198. The molecule has 0 aliphatic carbocycles. The lowest BCUT2D eigenvalue weighted by atomic mass is 9.76. The first-order valence-corrected chi connectivity index (χ1v) is 8.25. The summed E-state index contributed by atoms with van der Waals surface area (Å²) < 4.78 is 5.19. The van der Waals surface area contributed by atoms with E-state index in [1.165, 1.54) is 13.0 Å². The van der Waals surface area contributed by atoms with E-state index in [0.717, 1.165) is 44.6 Å². The van der Waals surface area contributed by atoms with Gasteiger partial charge >= 0.3 is 0 Å². The average Bonchev–Trinajstić information content (AvgIpc) is 3.00. The number of methoxy groups -OCH3 is 1. The average molecular weight is 294 g/mol. The van der Waals surface area contributed by atoms with Gasteiger partial charge in [0.2, 0.25) is 0 Å². The lowest BCUT2D eigenvalue weighted by Crippen LogP contribution is -2.64. The number of likely N-dealkylation sites (tertiary alicyclic amines) is 2. The first kappa shape index (κ1) is 14.0. The maximum atomic E-state index is 12.3. The fraction of sp³-hybridized carbons (Fsp3) is 0.667. The van der Waals surface area contributed by atoms with E-state index < -0.39 is 0 Å². The van der Waals surface area contributed by atoms with E-state index in [1.807, 2.05) is 21.7 Å². The van der Waals surface area contributed by atoms with Crippen LogP contribution in [0, 0.1) is 0 Å². The number of piperidine rings is 1. The molecule has 0 atom stereocenters. The molecule has 110 valence electrons. The Balaban J connectivity index is 1.56. The van der Waals surface area contributed by atoms with Gasteiger partial charge in [-0.3, -0.25) is 9.69 Å². The summed E-state index contributed by atoms with van der Waals surface area (Å²) in [6.45, 7) is 4.78. The highest BCUT2D eigenvalue weighted by molar-refractivity contribution is 7.08. The smallest absolute Gasteiger partial charge is 0.254 e. The Kier molecular flexibility index (Phi) is 4.10. The Bertz CT molecular complexity index is 452. The van der Waals surface area contributed by atoms with E-state index in [1.54, 1.807) is 18.4 Å². The third-order valence-corrected chi connectivity index (χ3v) is 5.52.